The zero-order valence-corrected chi connectivity index (χ0v) is 11.3. The molecule has 0 radical (unpaired) electrons. The predicted octanol–water partition coefficient (Wildman–Crippen LogP) is 1.11. The second kappa shape index (κ2) is 5.67. The predicted molar refractivity (Wildman–Crippen MR) is 67.9 cm³/mol. The molecule has 0 aromatic heterocycles. The van der Waals surface area contributed by atoms with Crippen LogP contribution in [-0.2, 0) is 14.6 Å². The van der Waals surface area contributed by atoms with Crippen molar-refractivity contribution in [2.45, 2.75) is 55.9 Å². The summed E-state index contributed by atoms with van der Waals surface area (Å²) in [5, 5.41) is 3.25. The second-order valence-electron chi connectivity index (χ2n) is 5.20. The van der Waals surface area contributed by atoms with E-state index in [0.29, 0.717) is 18.3 Å². The topological polar surface area (TPSA) is 55.4 Å². The monoisotopic (exact) mass is 261 g/mol. The molecule has 0 spiro atoms. The van der Waals surface area contributed by atoms with Gasteiger partial charge in [0.1, 0.15) is 0 Å². The maximum atomic E-state index is 11.7. The van der Waals surface area contributed by atoms with Crippen LogP contribution >= 0.6 is 0 Å². The Morgan fingerprint density at radius 3 is 2.59 bits per heavy atom. The third-order valence-electron chi connectivity index (χ3n) is 4.08. The van der Waals surface area contributed by atoms with Gasteiger partial charge in [-0.1, -0.05) is 12.8 Å². The van der Waals surface area contributed by atoms with Gasteiger partial charge < -0.3 is 10.1 Å². The van der Waals surface area contributed by atoms with Crippen molar-refractivity contribution in [3.8, 4) is 0 Å². The van der Waals surface area contributed by atoms with Crippen LogP contribution < -0.4 is 5.32 Å². The number of hydrogen-bond donors (Lipinski definition) is 1. The van der Waals surface area contributed by atoms with Crippen molar-refractivity contribution < 1.29 is 13.2 Å². The second-order valence-corrected chi connectivity index (χ2v) is 7.61. The molecule has 2 rings (SSSR count). The zero-order chi connectivity index (χ0) is 12.3. The lowest BCUT2D eigenvalue weighted by Gasteiger charge is -2.31. The van der Waals surface area contributed by atoms with Crippen LogP contribution in [0.5, 0.6) is 0 Å². The van der Waals surface area contributed by atoms with Gasteiger partial charge in [0.25, 0.3) is 0 Å². The van der Waals surface area contributed by atoms with E-state index in [1.807, 2.05) is 0 Å². The Bertz CT molecular complexity index is 342. The van der Waals surface area contributed by atoms with Gasteiger partial charge in [0.15, 0.2) is 9.84 Å². The average molecular weight is 261 g/mol. The first-order valence-corrected chi connectivity index (χ1v) is 8.33. The molecule has 1 saturated carbocycles. The van der Waals surface area contributed by atoms with Gasteiger partial charge in [-0.2, -0.15) is 0 Å². The lowest BCUT2D eigenvalue weighted by molar-refractivity contribution is 0.0420. The molecule has 2 fully saturated rings. The van der Waals surface area contributed by atoms with Gasteiger partial charge in [-0.3, -0.25) is 0 Å². The third kappa shape index (κ3) is 3.20. The average Bonchev–Trinajstić information content (AvgIpc) is 2.66. The van der Waals surface area contributed by atoms with Crippen molar-refractivity contribution in [2.24, 2.45) is 0 Å². The number of ether oxygens (including phenoxy) is 1. The summed E-state index contributed by atoms with van der Waals surface area (Å²) in [5.41, 5.74) is 0. The van der Waals surface area contributed by atoms with Gasteiger partial charge in [0.2, 0.25) is 0 Å². The number of sulfone groups is 1. The Morgan fingerprint density at radius 2 is 1.94 bits per heavy atom. The Kier molecular flexibility index (Phi) is 4.44. The summed E-state index contributed by atoms with van der Waals surface area (Å²) in [6.07, 6.45) is 6.53. The van der Waals surface area contributed by atoms with E-state index in [-0.39, 0.29) is 11.4 Å². The minimum absolute atomic E-state index is 0.165. The maximum Gasteiger partial charge on any atom is 0.154 e. The number of rotatable bonds is 4. The van der Waals surface area contributed by atoms with Crippen LogP contribution in [0.4, 0.5) is 0 Å². The Morgan fingerprint density at radius 1 is 1.18 bits per heavy atom. The highest BCUT2D eigenvalue weighted by atomic mass is 32.2. The van der Waals surface area contributed by atoms with Crippen molar-refractivity contribution in [3.05, 3.63) is 0 Å². The normalized spacial score (nSPS) is 37.1. The molecule has 0 bridgehead atoms. The fourth-order valence-electron chi connectivity index (χ4n) is 2.98. The minimum Gasteiger partial charge on any atom is -0.380 e. The summed E-state index contributed by atoms with van der Waals surface area (Å²) in [7, 11) is -1.07. The first kappa shape index (κ1) is 13.3. The molecule has 1 aliphatic heterocycles. The van der Waals surface area contributed by atoms with Crippen LogP contribution in [0.1, 0.15) is 38.5 Å². The quantitative estimate of drug-likeness (QED) is 0.823. The largest absolute Gasteiger partial charge is 0.380 e. The fraction of sp³-hybridized carbons (Fsp3) is 1.00. The Hall–Kier alpha value is -0.130. The summed E-state index contributed by atoms with van der Waals surface area (Å²) in [6.45, 7) is 0.604. The van der Waals surface area contributed by atoms with Gasteiger partial charge in [-0.15, -0.1) is 0 Å². The number of hydrogen-bond acceptors (Lipinski definition) is 4. The summed E-state index contributed by atoms with van der Waals surface area (Å²) in [6, 6.07) is 0.338. The van der Waals surface area contributed by atoms with Crippen LogP contribution in [-0.4, -0.2) is 45.2 Å². The molecular weight excluding hydrogens is 238 g/mol. The van der Waals surface area contributed by atoms with Gasteiger partial charge in [-0.05, 0) is 25.7 Å². The summed E-state index contributed by atoms with van der Waals surface area (Å²) >= 11 is 0. The van der Waals surface area contributed by atoms with E-state index in [9.17, 15) is 8.42 Å². The van der Waals surface area contributed by atoms with Gasteiger partial charge >= 0.3 is 0 Å². The molecule has 3 atom stereocenters. The van der Waals surface area contributed by atoms with E-state index in [2.05, 4.69) is 5.32 Å². The molecule has 0 aromatic carbocycles. The molecular formula is C12H23NO3S. The minimum atomic E-state index is -2.82. The highest BCUT2D eigenvalue weighted by Crippen LogP contribution is 2.23. The molecule has 1 heterocycles. The SMILES string of the molecule is COC1CCCCC1NCC1CCCS1(=O)=O. The van der Waals surface area contributed by atoms with E-state index < -0.39 is 9.84 Å². The van der Waals surface area contributed by atoms with Crippen molar-refractivity contribution in [2.75, 3.05) is 19.4 Å². The Labute approximate surface area is 104 Å². The lowest BCUT2D eigenvalue weighted by Crippen LogP contribution is -2.46. The van der Waals surface area contributed by atoms with Crippen LogP contribution in [0, 0.1) is 0 Å². The molecule has 1 saturated heterocycles. The fourth-order valence-corrected chi connectivity index (χ4v) is 4.76. The molecule has 3 unspecified atom stereocenters. The number of nitrogens with one attached hydrogen (secondary N) is 1. The van der Waals surface area contributed by atoms with E-state index in [0.717, 1.165) is 25.7 Å². The van der Waals surface area contributed by atoms with Crippen LogP contribution in [0.15, 0.2) is 0 Å². The molecule has 100 valence electrons. The van der Waals surface area contributed by atoms with E-state index >= 15 is 0 Å². The van der Waals surface area contributed by atoms with Gasteiger partial charge in [0.05, 0.1) is 17.1 Å². The van der Waals surface area contributed by atoms with Crippen molar-refractivity contribution in [1.82, 2.24) is 5.32 Å². The van der Waals surface area contributed by atoms with Crippen molar-refractivity contribution in [3.63, 3.8) is 0 Å². The highest BCUT2D eigenvalue weighted by Gasteiger charge is 2.32. The summed E-state index contributed by atoms with van der Waals surface area (Å²) in [4.78, 5) is 0. The standard InChI is InChI=1S/C12H23NO3S/c1-16-12-7-3-2-6-11(12)13-9-10-5-4-8-17(10,14)15/h10-13H,2-9H2,1H3. The Balaban J connectivity index is 1.84. The van der Waals surface area contributed by atoms with E-state index in [1.54, 1.807) is 7.11 Å². The molecule has 2 aliphatic rings. The highest BCUT2D eigenvalue weighted by molar-refractivity contribution is 7.92. The first-order valence-electron chi connectivity index (χ1n) is 6.61. The molecule has 1 N–H and O–H groups in total. The molecule has 1 aliphatic carbocycles. The third-order valence-corrected chi connectivity index (χ3v) is 6.35. The summed E-state index contributed by atoms with van der Waals surface area (Å²) in [5.74, 6) is 0.373. The van der Waals surface area contributed by atoms with Crippen LogP contribution in [0.3, 0.4) is 0 Å². The van der Waals surface area contributed by atoms with E-state index in [4.69, 9.17) is 4.74 Å². The van der Waals surface area contributed by atoms with Crippen LogP contribution in [0.2, 0.25) is 0 Å². The summed E-state index contributed by atoms with van der Waals surface area (Å²) < 4.78 is 28.9. The molecule has 17 heavy (non-hydrogen) atoms. The molecule has 0 aromatic rings. The van der Waals surface area contributed by atoms with Gasteiger partial charge in [0, 0.05) is 19.7 Å². The van der Waals surface area contributed by atoms with E-state index in [1.165, 1.54) is 12.8 Å². The van der Waals surface area contributed by atoms with Crippen molar-refractivity contribution >= 4 is 9.84 Å². The zero-order valence-electron chi connectivity index (χ0n) is 10.5. The van der Waals surface area contributed by atoms with Crippen LogP contribution in [0.25, 0.3) is 0 Å². The lowest BCUT2D eigenvalue weighted by atomic mass is 9.92. The molecule has 4 nitrogen and oxygen atoms in total. The molecule has 0 amide bonds. The molecule has 5 heteroatoms. The maximum absolute atomic E-state index is 11.7. The van der Waals surface area contributed by atoms with Gasteiger partial charge in [-0.25, -0.2) is 8.42 Å². The smallest absolute Gasteiger partial charge is 0.154 e. The number of methoxy groups -OCH3 is 1. The first-order chi connectivity index (χ1) is 8.13. The van der Waals surface area contributed by atoms with Crippen molar-refractivity contribution in [1.29, 1.82) is 0 Å².